The summed E-state index contributed by atoms with van der Waals surface area (Å²) in [6.07, 6.45) is -10.2. The van der Waals surface area contributed by atoms with E-state index < -0.39 is 45.5 Å². The number of hydrogen-bond acceptors (Lipinski definition) is 3. The van der Waals surface area contributed by atoms with Gasteiger partial charge in [-0.3, -0.25) is 4.79 Å². The summed E-state index contributed by atoms with van der Waals surface area (Å²) >= 11 is 0. The van der Waals surface area contributed by atoms with Crippen LogP contribution >= 0.6 is 0 Å². The molecule has 12 heteroatoms. The van der Waals surface area contributed by atoms with Crippen molar-refractivity contribution in [1.29, 1.82) is 0 Å². The van der Waals surface area contributed by atoms with Crippen molar-refractivity contribution in [2.24, 2.45) is 5.92 Å². The Kier molecular flexibility index (Phi) is 6.10. The lowest BCUT2D eigenvalue weighted by molar-refractivity contribution is -0.167. The molecule has 27 heavy (non-hydrogen) atoms. The van der Waals surface area contributed by atoms with Crippen LogP contribution in [-0.2, 0) is 14.8 Å². The highest BCUT2D eigenvalue weighted by atomic mass is 32.2. The fourth-order valence-electron chi connectivity index (χ4n) is 2.82. The molecule has 1 aromatic carbocycles. The number of alkyl halides is 6. The van der Waals surface area contributed by atoms with E-state index in [0.29, 0.717) is 0 Å². The molecule has 152 valence electrons. The number of carbonyl (C=O) groups is 1. The van der Waals surface area contributed by atoms with E-state index in [1.165, 1.54) is 0 Å². The second-order valence-electron chi connectivity index (χ2n) is 6.17. The number of rotatable bonds is 4. The molecule has 0 aromatic heterocycles. The smallest absolute Gasteiger partial charge is 0.318 e. The number of carbonyl (C=O) groups excluding carboxylic acids is 1. The van der Waals surface area contributed by atoms with Crippen LogP contribution in [0.1, 0.15) is 19.3 Å². The molecule has 0 saturated carbocycles. The summed E-state index contributed by atoms with van der Waals surface area (Å²) < 4.78 is 101. The fourth-order valence-corrected chi connectivity index (χ4v) is 4.43. The quantitative estimate of drug-likeness (QED) is 0.761. The zero-order valence-electron chi connectivity index (χ0n) is 13.8. The molecule has 1 heterocycles. The third-order valence-corrected chi connectivity index (χ3v) is 5.85. The molecule has 1 saturated heterocycles. The van der Waals surface area contributed by atoms with Crippen molar-refractivity contribution in [3.8, 4) is 0 Å². The summed E-state index contributed by atoms with van der Waals surface area (Å²) in [6.45, 7) is -0.323. The van der Waals surface area contributed by atoms with E-state index in [4.69, 9.17) is 0 Å². The number of amides is 1. The first-order valence-electron chi connectivity index (χ1n) is 7.84. The van der Waals surface area contributed by atoms with Crippen LogP contribution in [0.4, 0.5) is 32.0 Å². The first kappa shape index (κ1) is 21.5. The molecular weight excluding hydrogens is 402 g/mol. The molecule has 1 aliphatic rings. The van der Waals surface area contributed by atoms with Gasteiger partial charge in [0.1, 0.15) is 0 Å². The monoisotopic (exact) mass is 418 g/mol. The number of piperidine rings is 1. The van der Waals surface area contributed by atoms with E-state index >= 15 is 0 Å². The summed E-state index contributed by atoms with van der Waals surface area (Å²) in [7, 11) is -4.21. The average Bonchev–Trinajstić information content (AvgIpc) is 2.53. The maximum Gasteiger partial charge on any atom is 0.471 e. The van der Waals surface area contributed by atoms with Crippen LogP contribution in [0.5, 0.6) is 0 Å². The predicted octanol–water partition coefficient (Wildman–Crippen LogP) is 3.54. The molecule has 1 aromatic rings. The molecule has 1 N–H and O–H groups in total. The van der Waals surface area contributed by atoms with Gasteiger partial charge in [-0.15, -0.1) is 0 Å². The highest BCUT2D eigenvalue weighted by Gasteiger charge is 2.39. The van der Waals surface area contributed by atoms with Gasteiger partial charge in [-0.05, 0) is 37.0 Å². The maximum absolute atomic E-state index is 12.6. The molecule has 0 spiro atoms. The number of nitrogens with one attached hydrogen (secondary N) is 1. The lowest BCUT2D eigenvalue weighted by Gasteiger charge is -2.32. The Balaban J connectivity index is 2.19. The number of hydrogen-bond donors (Lipinski definition) is 1. The molecule has 0 bridgehead atoms. The molecule has 1 atom stereocenters. The van der Waals surface area contributed by atoms with Crippen molar-refractivity contribution in [2.75, 3.05) is 18.4 Å². The molecule has 1 amide bonds. The van der Waals surface area contributed by atoms with E-state index in [9.17, 15) is 39.6 Å². The van der Waals surface area contributed by atoms with Crippen molar-refractivity contribution in [2.45, 2.75) is 36.5 Å². The average molecular weight is 418 g/mol. The van der Waals surface area contributed by atoms with Gasteiger partial charge >= 0.3 is 18.3 Å². The third kappa shape index (κ3) is 5.83. The van der Waals surface area contributed by atoms with Gasteiger partial charge in [-0.25, -0.2) is 8.42 Å². The van der Waals surface area contributed by atoms with E-state index in [-0.39, 0.29) is 31.6 Å². The Bertz CT molecular complexity index is 791. The van der Waals surface area contributed by atoms with Crippen LogP contribution in [0.2, 0.25) is 0 Å². The number of anilines is 1. The first-order chi connectivity index (χ1) is 12.3. The Labute approximate surface area is 151 Å². The van der Waals surface area contributed by atoms with Crippen LogP contribution < -0.4 is 5.32 Å². The van der Waals surface area contributed by atoms with Crippen molar-refractivity contribution in [1.82, 2.24) is 4.31 Å². The molecule has 1 aliphatic heterocycles. The van der Waals surface area contributed by atoms with Crippen LogP contribution in [0.15, 0.2) is 29.2 Å². The van der Waals surface area contributed by atoms with Gasteiger partial charge in [0.05, 0.1) is 4.90 Å². The highest BCUT2D eigenvalue weighted by Crippen LogP contribution is 2.32. The molecule has 1 fully saturated rings. The van der Waals surface area contributed by atoms with Crippen molar-refractivity contribution in [3.05, 3.63) is 24.3 Å². The van der Waals surface area contributed by atoms with Crippen LogP contribution in [0, 0.1) is 5.92 Å². The SMILES string of the molecule is O=C(Nc1cccc(S(=O)(=O)N2CCCC(CC(F)(F)F)C2)c1)C(F)(F)F. The topological polar surface area (TPSA) is 66.5 Å². The summed E-state index contributed by atoms with van der Waals surface area (Å²) in [5.74, 6) is -3.15. The molecule has 5 nitrogen and oxygen atoms in total. The van der Waals surface area contributed by atoms with Gasteiger partial charge in [0.15, 0.2) is 0 Å². The summed E-state index contributed by atoms with van der Waals surface area (Å²) in [4.78, 5) is 10.6. The van der Waals surface area contributed by atoms with Crippen molar-refractivity contribution in [3.63, 3.8) is 0 Å². The first-order valence-corrected chi connectivity index (χ1v) is 9.28. The van der Waals surface area contributed by atoms with Crippen molar-refractivity contribution < 1.29 is 39.6 Å². The summed E-state index contributed by atoms with van der Waals surface area (Å²) in [6, 6.07) is 4.15. The van der Waals surface area contributed by atoms with Gasteiger partial charge in [0, 0.05) is 25.2 Å². The van der Waals surface area contributed by atoms with E-state index in [0.717, 1.165) is 28.6 Å². The largest absolute Gasteiger partial charge is 0.471 e. The highest BCUT2D eigenvalue weighted by molar-refractivity contribution is 7.89. The fraction of sp³-hybridized carbons (Fsp3) is 0.533. The standard InChI is InChI=1S/C15H16F6N2O3S/c16-14(17,18)8-10-3-2-6-23(9-10)27(25,26)12-5-1-4-11(7-12)22-13(24)15(19,20)21/h1,4-5,7,10H,2-3,6,8-9H2,(H,22,24). The van der Waals surface area contributed by atoms with Gasteiger partial charge < -0.3 is 5.32 Å². The minimum absolute atomic E-state index is 0.00975. The van der Waals surface area contributed by atoms with Crippen LogP contribution in [0.3, 0.4) is 0 Å². The summed E-state index contributed by atoms with van der Waals surface area (Å²) in [5.41, 5.74) is -0.387. The number of sulfonamides is 1. The van der Waals surface area contributed by atoms with Gasteiger partial charge in [-0.2, -0.15) is 30.6 Å². The number of nitrogens with zero attached hydrogens (tertiary/aromatic N) is 1. The molecular formula is C15H16F6N2O3S. The Morgan fingerprint density at radius 2 is 1.85 bits per heavy atom. The minimum Gasteiger partial charge on any atom is -0.318 e. The van der Waals surface area contributed by atoms with Gasteiger partial charge in [-0.1, -0.05) is 6.07 Å². The molecule has 0 aliphatic carbocycles. The Morgan fingerprint density at radius 3 is 2.44 bits per heavy atom. The normalized spacial score (nSPS) is 19.7. The minimum atomic E-state index is -5.15. The van der Waals surface area contributed by atoms with Gasteiger partial charge in [0.2, 0.25) is 10.0 Å². The molecule has 1 unspecified atom stereocenters. The van der Waals surface area contributed by atoms with Crippen LogP contribution in [0.25, 0.3) is 0 Å². The molecule has 2 rings (SSSR count). The Morgan fingerprint density at radius 1 is 1.19 bits per heavy atom. The second-order valence-corrected chi connectivity index (χ2v) is 8.11. The van der Waals surface area contributed by atoms with Crippen LogP contribution in [-0.4, -0.2) is 44.1 Å². The second kappa shape index (κ2) is 7.66. The van der Waals surface area contributed by atoms with Gasteiger partial charge in [0.25, 0.3) is 0 Å². The van der Waals surface area contributed by atoms with E-state index in [1.807, 2.05) is 0 Å². The lowest BCUT2D eigenvalue weighted by Crippen LogP contribution is -2.41. The number of halogens is 6. The van der Waals surface area contributed by atoms with E-state index in [2.05, 4.69) is 0 Å². The Hall–Kier alpha value is -1.82. The zero-order chi connectivity index (χ0) is 20.5. The third-order valence-electron chi connectivity index (χ3n) is 3.99. The number of benzene rings is 1. The van der Waals surface area contributed by atoms with Crippen molar-refractivity contribution >= 4 is 21.6 Å². The summed E-state index contributed by atoms with van der Waals surface area (Å²) in [5, 5.41) is 1.54. The molecule has 0 radical (unpaired) electrons. The zero-order valence-corrected chi connectivity index (χ0v) is 14.6. The maximum atomic E-state index is 12.6. The van der Waals surface area contributed by atoms with E-state index in [1.54, 1.807) is 5.32 Å². The lowest BCUT2D eigenvalue weighted by atomic mass is 9.96. The predicted molar refractivity (Wildman–Crippen MR) is 83.3 cm³/mol.